The summed E-state index contributed by atoms with van der Waals surface area (Å²) in [4.78, 5) is 22.8. The highest BCUT2D eigenvalue weighted by atomic mass is 32.1. The van der Waals surface area contributed by atoms with E-state index in [9.17, 15) is 14.8 Å². The van der Waals surface area contributed by atoms with Crippen molar-refractivity contribution in [3.05, 3.63) is 69.7 Å². The number of aryl methyl sites for hydroxylation is 1. The summed E-state index contributed by atoms with van der Waals surface area (Å²) in [5, 5.41) is 26.7. The predicted molar refractivity (Wildman–Crippen MR) is 135 cm³/mol. The number of benzene rings is 2. The highest BCUT2D eigenvalue weighted by Crippen LogP contribution is 2.39. The lowest BCUT2D eigenvalue weighted by molar-refractivity contribution is 0.100. The minimum atomic E-state index is -1.51. The van der Waals surface area contributed by atoms with Crippen LogP contribution in [-0.2, 0) is 19.5 Å². The van der Waals surface area contributed by atoms with Crippen LogP contribution >= 0.6 is 11.3 Å². The average Bonchev–Trinajstić information content (AvgIpc) is 3.18. The first kappa shape index (κ1) is 22.5. The Morgan fingerprint density at radius 3 is 2.85 bits per heavy atom. The van der Waals surface area contributed by atoms with Crippen LogP contribution in [0.5, 0.6) is 0 Å². The van der Waals surface area contributed by atoms with Crippen molar-refractivity contribution in [2.75, 3.05) is 11.9 Å². The zero-order valence-electron chi connectivity index (χ0n) is 18.6. The molecule has 2 aromatic heterocycles. The van der Waals surface area contributed by atoms with Gasteiger partial charge in [0.05, 0.1) is 11.3 Å². The second kappa shape index (κ2) is 9.15. The fourth-order valence-corrected chi connectivity index (χ4v) is 5.54. The Bertz CT molecular complexity index is 1410. The third-order valence-corrected chi connectivity index (χ3v) is 7.18. The number of thiophene rings is 1. The standard InChI is InChI=1S/C24H24BN5O3S/c1-13-20(17-6-3-7-18(22(26)31)21(17)34-13)24-29-19-12-27-9-8-16(19)23(30-24)28-11-14-4-2-5-15(10-14)25(32)33/h2-7,10,27,32-33H,8-9,11-12H2,1H3,(H2,26,31)(H,28,29,30). The molecule has 0 saturated carbocycles. The summed E-state index contributed by atoms with van der Waals surface area (Å²) in [5.74, 6) is 0.919. The molecule has 0 unspecified atom stereocenters. The monoisotopic (exact) mass is 473 g/mol. The van der Waals surface area contributed by atoms with Crippen molar-refractivity contribution in [1.82, 2.24) is 15.3 Å². The number of hydrogen-bond acceptors (Lipinski definition) is 8. The molecule has 34 heavy (non-hydrogen) atoms. The van der Waals surface area contributed by atoms with Crippen LogP contribution in [0, 0.1) is 6.92 Å². The Labute approximate surface area is 201 Å². The summed E-state index contributed by atoms with van der Waals surface area (Å²) >= 11 is 1.52. The molecule has 1 aliphatic rings. The average molecular weight is 473 g/mol. The van der Waals surface area contributed by atoms with Gasteiger partial charge in [0, 0.05) is 39.2 Å². The van der Waals surface area contributed by atoms with Gasteiger partial charge in [0.15, 0.2) is 5.82 Å². The molecule has 6 N–H and O–H groups in total. The van der Waals surface area contributed by atoms with Crippen LogP contribution in [0.2, 0.25) is 0 Å². The Morgan fingerprint density at radius 1 is 1.24 bits per heavy atom. The van der Waals surface area contributed by atoms with E-state index in [0.29, 0.717) is 29.9 Å². The van der Waals surface area contributed by atoms with Gasteiger partial charge in [-0.05, 0) is 37.0 Å². The number of rotatable bonds is 6. The quantitative estimate of drug-likeness (QED) is 0.269. The van der Waals surface area contributed by atoms with Crippen molar-refractivity contribution in [2.24, 2.45) is 5.73 Å². The topological polar surface area (TPSA) is 133 Å². The lowest BCUT2D eigenvalue weighted by atomic mass is 9.79. The van der Waals surface area contributed by atoms with Gasteiger partial charge in [-0.15, -0.1) is 11.3 Å². The van der Waals surface area contributed by atoms with E-state index in [1.54, 1.807) is 24.3 Å². The van der Waals surface area contributed by atoms with Crippen molar-refractivity contribution >= 4 is 45.7 Å². The summed E-state index contributed by atoms with van der Waals surface area (Å²) in [7, 11) is -1.51. The van der Waals surface area contributed by atoms with Crippen molar-refractivity contribution < 1.29 is 14.8 Å². The van der Waals surface area contributed by atoms with Crippen molar-refractivity contribution in [3.63, 3.8) is 0 Å². The first-order valence-electron chi connectivity index (χ1n) is 11.0. The summed E-state index contributed by atoms with van der Waals surface area (Å²) in [6.45, 7) is 3.98. The van der Waals surface area contributed by atoms with Gasteiger partial charge in [-0.25, -0.2) is 9.97 Å². The van der Waals surface area contributed by atoms with E-state index in [1.165, 1.54) is 11.3 Å². The van der Waals surface area contributed by atoms with Crippen LogP contribution in [0.3, 0.4) is 0 Å². The van der Waals surface area contributed by atoms with Crippen LogP contribution in [0.15, 0.2) is 42.5 Å². The molecule has 1 amide bonds. The molecule has 172 valence electrons. The molecule has 0 bridgehead atoms. The number of aromatic nitrogens is 2. The molecular weight excluding hydrogens is 449 g/mol. The molecule has 0 saturated heterocycles. The third-order valence-electron chi connectivity index (χ3n) is 6.03. The first-order chi connectivity index (χ1) is 16.4. The number of fused-ring (bicyclic) bond motifs is 2. The van der Waals surface area contributed by atoms with Crippen molar-refractivity contribution in [1.29, 1.82) is 0 Å². The number of nitrogens with zero attached hydrogens (tertiary/aromatic N) is 2. The van der Waals surface area contributed by atoms with Crippen molar-refractivity contribution in [2.45, 2.75) is 26.4 Å². The van der Waals surface area contributed by atoms with E-state index >= 15 is 0 Å². The lowest BCUT2D eigenvalue weighted by Crippen LogP contribution is -2.30. The van der Waals surface area contributed by atoms with E-state index in [2.05, 4.69) is 10.6 Å². The van der Waals surface area contributed by atoms with Crippen molar-refractivity contribution in [3.8, 4) is 11.4 Å². The molecule has 1 aliphatic heterocycles. The first-order valence-corrected chi connectivity index (χ1v) is 11.9. The molecule has 0 radical (unpaired) electrons. The van der Waals surface area contributed by atoms with Crippen LogP contribution in [0.1, 0.15) is 32.1 Å². The Kier molecular flexibility index (Phi) is 6.05. The fraction of sp³-hybridized carbons (Fsp3) is 0.208. The second-order valence-corrected chi connectivity index (χ2v) is 9.52. The summed E-state index contributed by atoms with van der Waals surface area (Å²) in [6.07, 6.45) is 0.808. The Hall–Kier alpha value is -3.31. The fourth-order valence-electron chi connectivity index (χ4n) is 4.38. The zero-order valence-corrected chi connectivity index (χ0v) is 19.4. The van der Waals surface area contributed by atoms with Gasteiger partial charge in [0.2, 0.25) is 5.91 Å². The summed E-state index contributed by atoms with van der Waals surface area (Å²) < 4.78 is 0.843. The largest absolute Gasteiger partial charge is 0.488 e. The number of primary amides is 1. The van der Waals surface area contributed by atoms with Crippen LogP contribution in [-0.4, -0.2) is 39.6 Å². The molecule has 0 atom stereocenters. The van der Waals surface area contributed by atoms with E-state index in [1.807, 2.05) is 25.1 Å². The zero-order chi connectivity index (χ0) is 23.8. The van der Waals surface area contributed by atoms with Gasteiger partial charge in [-0.1, -0.05) is 36.4 Å². The van der Waals surface area contributed by atoms with Gasteiger partial charge < -0.3 is 26.4 Å². The summed E-state index contributed by atoms with van der Waals surface area (Å²) in [6, 6.07) is 12.7. The number of anilines is 1. The molecule has 5 rings (SSSR count). The van der Waals surface area contributed by atoms with Gasteiger partial charge in [-0.2, -0.15) is 0 Å². The molecule has 0 aliphatic carbocycles. The second-order valence-electron chi connectivity index (χ2n) is 8.30. The maximum Gasteiger partial charge on any atom is 0.488 e. The van der Waals surface area contributed by atoms with Gasteiger partial charge in [0.1, 0.15) is 5.82 Å². The molecule has 0 spiro atoms. The lowest BCUT2D eigenvalue weighted by Gasteiger charge is -2.21. The number of carbonyl (C=O) groups is 1. The third kappa shape index (κ3) is 4.16. The minimum Gasteiger partial charge on any atom is -0.423 e. The Morgan fingerprint density at radius 2 is 2.06 bits per heavy atom. The smallest absolute Gasteiger partial charge is 0.423 e. The van der Waals surface area contributed by atoms with Gasteiger partial charge >= 0.3 is 7.12 Å². The van der Waals surface area contributed by atoms with E-state index in [0.717, 1.165) is 56.1 Å². The van der Waals surface area contributed by atoms with E-state index < -0.39 is 13.0 Å². The van der Waals surface area contributed by atoms with E-state index in [4.69, 9.17) is 15.7 Å². The minimum absolute atomic E-state index is 0.444. The molecule has 8 nitrogen and oxygen atoms in total. The molecule has 3 heterocycles. The molecule has 10 heteroatoms. The number of carbonyl (C=O) groups excluding carboxylic acids is 1. The number of amides is 1. The number of hydrogen-bond donors (Lipinski definition) is 5. The van der Waals surface area contributed by atoms with E-state index in [-0.39, 0.29) is 0 Å². The van der Waals surface area contributed by atoms with Crippen LogP contribution in [0.25, 0.3) is 21.5 Å². The molecule has 2 aromatic carbocycles. The highest BCUT2D eigenvalue weighted by molar-refractivity contribution is 7.20. The maximum atomic E-state index is 12.0. The SMILES string of the molecule is Cc1sc2c(C(N)=O)cccc2c1-c1nc2c(c(NCc3cccc(B(O)O)c3)n1)CCNC2. The predicted octanol–water partition coefficient (Wildman–Crippen LogP) is 1.70. The molecule has 0 fully saturated rings. The van der Waals surface area contributed by atoms with Gasteiger partial charge in [-0.3, -0.25) is 4.79 Å². The Balaban J connectivity index is 1.57. The molecule has 4 aromatic rings. The number of nitrogens with two attached hydrogens (primary N) is 1. The molecular formula is C24H24BN5O3S. The summed E-state index contributed by atoms with van der Waals surface area (Å²) in [5.41, 5.74) is 10.4. The van der Waals surface area contributed by atoms with Gasteiger partial charge in [0.25, 0.3) is 0 Å². The number of nitrogens with one attached hydrogen (secondary N) is 2. The maximum absolute atomic E-state index is 12.0. The normalized spacial score (nSPS) is 13.0. The highest BCUT2D eigenvalue weighted by Gasteiger charge is 2.22. The van der Waals surface area contributed by atoms with Crippen LogP contribution in [0.4, 0.5) is 5.82 Å². The van der Waals surface area contributed by atoms with Crippen LogP contribution < -0.4 is 21.8 Å².